The van der Waals surface area contributed by atoms with Crippen molar-refractivity contribution in [1.29, 1.82) is 0 Å². The van der Waals surface area contributed by atoms with Crippen molar-refractivity contribution in [3.8, 4) is 11.6 Å². The number of piperazine rings is 1. The van der Waals surface area contributed by atoms with E-state index in [1.54, 1.807) is 25.9 Å². The van der Waals surface area contributed by atoms with Gasteiger partial charge in [0, 0.05) is 26.2 Å². The Labute approximate surface area is 178 Å². The fraction of sp³-hybridized carbons (Fsp3) is 0.450. The monoisotopic (exact) mass is 431 g/mol. The number of carbonyl (C=O) groups excluding carboxylic acids is 1. The number of amides is 1. The van der Waals surface area contributed by atoms with Gasteiger partial charge in [-0.1, -0.05) is 23.5 Å². The number of aromatic nitrogens is 3. The molecule has 30 heavy (non-hydrogen) atoms. The number of ether oxygens (including phenoxy) is 2. The van der Waals surface area contributed by atoms with Crippen LogP contribution in [-0.2, 0) is 4.74 Å². The maximum atomic E-state index is 12.1. The lowest BCUT2D eigenvalue weighted by Crippen LogP contribution is -2.49. The number of methoxy groups -OCH3 is 1. The lowest BCUT2D eigenvalue weighted by Gasteiger charge is -2.38. The Hall–Kier alpha value is -2.85. The lowest BCUT2D eigenvalue weighted by molar-refractivity contribution is 0.0715. The second-order valence-electron chi connectivity index (χ2n) is 7.04. The van der Waals surface area contributed by atoms with Crippen molar-refractivity contribution in [2.24, 2.45) is 0 Å². The van der Waals surface area contributed by atoms with E-state index in [-0.39, 0.29) is 18.0 Å². The zero-order chi connectivity index (χ0) is 21.3. The molecule has 1 aliphatic heterocycles. The number of hydrogen-bond acceptors (Lipinski definition) is 8. The molecule has 0 radical (unpaired) electrons. The van der Waals surface area contributed by atoms with Gasteiger partial charge in [-0.2, -0.15) is 4.52 Å². The predicted molar refractivity (Wildman–Crippen MR) is 112 cm³/mol. The third kappa shape index (κ3) is 3.80. The van der Waals surface area contributed by atoms with Crippen molar-refractivity contribution >= 4 is 22.4 Å². The number of nitrogens with zero attached hydrogens (tertiary/aromatic N) is 5. The van der Waals surface area contributed by atoms with Crippen molar-refractivity contribution in [3.63, 3.8) is 0 Å². The van der Waals surface area contributed by atoms with Gasteiger partial charge < -0.3 is 19.5 Å². The molecule has 10 heteroatoms. The Bertz CT molecular complexity index is 1020. The van der Waals surface area contributed by atoms with E-state index in [2.05, 4.69) is 15.0 Å². The van der Waals surface area contributed by atoms with Crippen molar-refractivity contribution in [3.05, 3.63) is 40.5 Å². The Morgan fingerprint density at radius 1 is 1.23 bits per heavy atom. The number of fused-ring (bicyclic) bond motifs is 1. The van der Waals surface area contributed by atoms with Gasteiger partial charge >= 0.3 is 6.09 Å². The molecule has 0 saturated carbocycles. The van der Waals surface area contributed by atoms with Gasteiger partial charge in [0.05, 0.1) is 24.6 Å². The number of hydrogen-bond donors (Lipinski definition) is 1. The maximum Gasteiger partial charge on any atom is 0.409 e. The van der Waals surface area contributed by atoms with Crippen LogP contribution in [-0.4, -0.2) is 75.5 Å². The summed E-state index contributed by atoms with van der Waals surface area (Å²) in [5, 5.41) is 15.2. The van der Waals surface area contributed by atoms with E-state index < -0.39 is 0 Å². The van der Waals surface area contributed by atoms with Crippen molar-refractivity contribution < 1.29 is 19.4 Å². The molecule has 1 atom stereocenters. The van der Waals surface area contributed by atoms with E-state index >= 15 is 0 Å². The van der Waals surface area contributed by atoms with Crippen molar-refractivity contribution in [2.75, 3.05) is 39.9 Å². The SMILES string of the molecule is CCOC(=O)N1CCN([C@H](c2ccc(OC)cc2)c2sc3nc(C)nn3c2O)CC1. The second-order valence-corrected chi connectivity index (χ2v) is 8.05. The van der Waals surface area contributed by atoms with Crippen LogP contribution in [0.5, 0.6) is 11.6 Å². The fourth-order valence-corrected chi connectivity index (χ4v) is 4.88. The summed E-state index contributed by atoms with van der Waals surface area (Å²) in [4.78, 5) is 21.9. The number of thiazole rings is 1. The molecule has 2 aromatic heterocycles. The number of carbonyl (C=O) groups is 1. The van der Waals surface area contributed by atoms with Crippen LogP contribution in [0.1, 0.15) is 29.2 Å². The molecule has 3 aromatic rings. The molecule has 1 amide bonds. The van der Waals surface area contributed by atoms with E-state index in [0.29, 0.717) is 43.6 Å². The van der Waals surface area contributed by atoms with Crippen LogP contribution in [0.25, 0.3) is 4.96 Å². The van der Waals surface area contributed by atoms with E-state index in [0.717, 1.165) is 16.2 Å². The first-order chi connectivity index (χ1) is 14.5. The standard InChI is InChI=1S/C20H25N5O4S/c1-4-29-20(27)24-11-9-23(10-12-24)16(14-5-7-15(28-3)8-6-14)17-18(26)25-19(30-17)21-13(2)22-25/h5-8,16,26H,4,9-12H2,1-3H3/t16-/m1/s1. The summed E-state index contributed by atoms with van der Waals surface area (Å²) in [7, 11) is 1.63. The number of rotatable bonds is 5. The summed E-state index contributed by atoms with van der Waals surface area (Å²) >= 11 is 1.43. The molecule has 9 nitrogen and oxygen atoms in total. The molecule has 3 heterocycles. The average molecular weight is 432 g/mol. The van der Waals surface area contributed by atoms with Crippen LogP contribution in [0.15, 0.2) is 24.3 Å². The summed E-state index contributed by atoms with van der Waals surface area (Å²) in [6.45, 7) is 6.40. The van der Waals surface area contributed by atoms with Gasteiger partial charge in [-0.25, -0.2) is 9.78 Å². The highest BCUT2D eigenvalue weighted by atomic mass is 32.1. The highest BCUT2D eigenvalue weighted by molar-refractivity contribution is 7.17. The second kappa shape index (κ2) is 8.49. The molecule has 1 N–H and O–H groups in total. The van der Waals surface area contributed by atoms with Gasteiger partial charge in [0.2, 0.25) is 10.8 Å². The van der Waals surface area contributed by atoms with Gasteiger partial charge in [-0.05, 0) is 31.5 Å². The fourth-order valence-electron chi connectivity index (χ4n) is 3.72. The van der Waals surface area contributed by atoms with Gasteiger partial charge in [0.1, 0.15) is 11.6 Å². The highest BCUT2D eigenvalue weighted by Gasteiger charge is 2.32. The first kappa shape index (κ1) is 20.4. The van der Waals surface area contributed by atoms with Crippen LogP contribution < -0.4 is 4.74 Å². The normalized spacial score (nSPS) is 16.0. The summed E-state index contributed by atoms with van der Waals surface area (Å²) in [5.41, 5.74) is 1.02. The topological polar surface area (TPSA) is 92.4 Å². The molecular formula is C20H25N5O4S. The maximum absolute atomic E-state index is 12.1. The van der Waals surface area contributed by atoms with Crippen molar-refractivity contribution in [1.82, 2.24) is 24.4 Å². The van der Waals surface area contributed by atoms with E-state index in [4.69, 9.17) is 9.47 Å². The third-order valence-electron chi connectivity index (χ3n) is 5.19. The van der Waals surface area contributed by atoms with Crippen LogP contribution in [0.2, 0.25) is 0 Å². The Morgan fingerprint density at radius 2 is 1.93 bits per heavy atom. The lowest BCUT2D eigenvalue weighted by atomic mass is 10.0. The van der Waals surface area contributed by atoms with Crippen LogP contribution >= 0.6 is 11.3 Å². The minimum absolute atomic E-state index is 0.101. The predicted octanol–water partition coefficient (Wildman–Crippen LogP) is 2.68. The molecule has 0 bridgehead atoms. The molecule has 0 unspecified atom stereocenters. The molecule has 0 aliphatic carbocycles. The summed E-state index contributed by atoms with van der Waals surface area (Å²) < 4.78 is 11.9. The van der Waals surface area contributed by atoms with Crippen LogP contribution in [0, 0.1) is 6.92 Å². The highest BCUT2D eigenvalue weighted by Crippen LogP contribution is 2.40. The number of benzene rings is 1. The number of aromatic hydroxyl groups is 1. The van der Waals surface area contributed by atoms with Crippen LogP contribution in [0.4, 0.5) is 4.79 Å². The third-order valence-corrected chi connectivity index (χ3v) is 6.26. The molecule has 1 saturated heterocycles. The summed E-state index contributed by atoms with van der Waals surface area (Å²) in [6.07, 6.45) is -0.282. The summed E-state index contributed by atoms with van der Waals surface area (Å²) in [5.74, 6) is 1.49. The largest absolute Gasteiger partial charge is 0.497 e. The first-order valence-electron chi connectivity index (χ1n) is 9.86. The van der Waals surface area contributed by atoms with E-state index in [1.165, 1.54) is 15.9 Å². The van der Waals surface area contributed by atoms with E-state index in [1.807, 2.05) is 24.3 Å². The van der Waals surface area contributed by atoms with Gasteiger partial charge in [-0.3, -0.25) is 4.90 Å². The van der Waals surface area contributed by atoms with Gasteiger partial charge in [0.25, 0.3) is 0 Å². The zero-order valence-corrected chi connectivity index (χ0v) is 18.1. The zero-order valence-electron chi connectivity index (χ0n) is 17.2. The van der Waals surface area contributed by atoms with E-state index in [9.17, 15) is 9.90 Å². The molecular weight excluding hydrogens is 406 g/mol. The Morgan fingerprint density at radius 3 is 2.53 bits per heavy atom. The van der Waals surface area contributed by atoms with Gasteiger partial charge in [-0.15, -0.1) is 5.10 Å². The van der Waals surface area contributed by atoms with Crippen LogP contribution in [0.3, 0.4) is 0 Å². The first-order valence-corrected chi connectivity index (χ1v) is 10.7. The average Bonchev–Trinajstić information content (AvgIpc) is 3.26. The minimum Gasteiger partial charge on any atom is -0.497 e. The molecule has 4 rings (SSSR count). The smallest absolute Gasteiger partial charge is 0.409 e. The van der Waals surface area contributed by atoms with Crippen molar-refractivity contribution in [2.45, 2.75) is 19.9 Å². The van der Waals surface area contributed by atoms with Gasteiger partial charge in [0.15, 0.2) is 0 Å². The molecule has 0 spiro atoms. The molecule has 1 aliphatic rings. The summed E-state index contributed by atoms with van der Waals surface area (Å²) in [6, 6.07) is 7.64. The quantitative estimate of drug-likeness (QED) is 0.664. The minimum atomic E-state index is -0.282. The molecule has 160 valence electrons. The Balaban J connectivity index is 1.66. The molecule has 1 fully saturated rings. The number of aryl methyl sites for hydroxylation is 1. The Kier molecular flexibility index (Phi) is 5.78. The molecule has 1 aromatic carbocycles.